The number of fused-ring (bicyclic) bond motifs is 4. The number of H-pyrrole nitrogens is 1. The molecule has 2 saturated carbocycles. The molecule has 27 heteroatoms. The van der Waals surface area contributed by atoms with E-state index < -0.39 is 38.8 Å². The summed E-state index contributed by atoms with van der Waals surface area (Å²) in [5, 5.41) is 24.6. The second kappa shape index (κ2) is 22.4. The smallest absolute Gasteiger partial charge is 0.422 e. The molecular weight excluding hydrogens is 1130 g/mol. The van der Waals surface area contributed by atoms with Crippen molar-refractivity contribution in [3.8, 4) is 39.0 Å². The fourth-order valence-corrected chi connectivity index (χ4v) is 12.5. The molecule has 0 spiro atoms. The molecule has 0 unspecified atom stereocenters. The van der Waals surface area contributed by atoms with E-state index in [0.717, 1.165) is 58.2 Å². The molecule has 81 heavy (non-hydrogen) atoms. The minimum Gasteiger partial charge on any atom is -0.483 e. The highest BCUT2D eigenvalue weighted by Crippen LogP contribution is 2.40. The summed E-state index contributed by atoms with van der Waals surface area (Å²) in [6.45, 7) is 7.87. The third-order valence-electron chi connectivity index (χ3n) is 14.3. The Morgan fingerprint density at radius 3 is 1.93 bits per heavy atom. The quantitative estimate of drug-likeness (QED) is 0.0568. The van der Waals surface area contributed by atoms with Gasteiger partial charge >= 0.3 is 6.18 Å². The van der Waals surface area contributed by atoms with Gasteiger partial charge < -0.3 is 39.5 Å². The van der Waals surface area contributed by atoms with E-state index in [9.17, 15) is 32.3 Å². The SMILES string of the molecule is C[Si](C)(C)CCOCn1cc(C(=O)N[C@@H](C(=O)N2CC(C#N)C2)C2CC2)c2nc(-c3cc4nccc(Cl)c4s3)cnc21.N#CC1CN(C(=O)[C@H](NC(=O)c2c[nH]c3ncc(-c4cc5nccc(OCC(F)(F)F)c5s4)nc23)C2CC2)C1. The molecule has 3 N–H and O–H groups in total. The Morgan fingerprint density at radius 1 is 0.802 bits per heavy atom. The average molecular weight is 1180 g/mol. The second-order valence-electron chi connectivity index (χ2n) is 21.8. The predicted molar refractivity (Wildman–Crippen MR) is 299 cm³/mol. The van der Waals surface area contributed by atoms with Crippen LogP contribution in [0.5, 0.6) is 5.75 Å². The third-order valence-corrected chi connectivity index (χ3v) is 18.8. The number of carbonyl (C=O) groups is 4. The Labute approximate surface area is 474 Å². The van der Waals surface area contributed by atoms with Gasteiger partial charge in [0.15, 0.2) is 17.9 Å². The van der Waals surface area contributed by atoms with E-state index in [4.69, 9.17) is 41.6 Å². The van der Waals surface area contributed by atoms with Gasteiger partial charge in [-0.25, -0.2) is 19.9 Å². The number of likely N-dealkylation sites (tertiary alicyclic amines) is 2. The van der Waals surface area contributed by atoms with Crippen LogP contribution in [-0.2, 0) is 21.1 Å². The van der Waals surface area contributed by atoms with E-state index in [2.05, 4.69) is 67.3 Å². The van der Waals surface area contributed by atoms with Crippen LogP contribution in [0.4, 0.5) is 13.2 Å². The lowest BCUT2D eigenvalue weighted by Crippen LogP contribution is -2.57. The summed E-state index contributed by atoms with van der Waals surface area (Å²) in [5.41, 5.74) is 4.39. The van der Waals surface area contributed by atoms with Gasteiger partial charge in [-0.1, -0.05) is 31.2 Å². The third kappa shape index (κ3) is 12.2. The highest BCUT2D eigenvalue weighted by Gasteiger charge is 2.44. The summed E-state index contributed by atoms with van der Waals surface area (Å²) in [5.74, 6) is -1.29. The van der Waals surface area contributed by atoms with Crippen molar-refractivity contribution in [2.45, 2.75) is 76.4 Å². The lowest BCUT2D eigenvalue weighted by Gasteiger charge is -2.37. The van der Waals surface area contributed by atoms with E-state index in [1.165, 1.54) is 36.0 Å². The fraction of sp³-hybridized carbons (Fsp3) is 0.407. The van der Waals surface area contributed by atoms with Crippen LogP contribution in [0.2, 0.25) is 30.7 Å². The van der Waals surface area contributed by atoms with Crippen molar-refractivity contribution in [1.29, 1.82) is 10.5 Å². The van der Waals surface area contributed by atoms with Crippen molar-refractivity contribution in [3.05, 3.63) is 77.6 Å². The minimum atomic E-state index is -4.48. The van der Waals surface area contributed by atoms with Crippen LogP contribution in [-0.4, -0.2) is 139 Å². The number of nitrogens with one attached hydrogen (secondary N) is 3. The number of alkyl halides is 3. The molecular formula is C54H52ClF3N14O6S2Si. The Balaban J connectivity index is 0.000000171. The summed E-state index contributed by atoms with van der Waals surface area (Å²) in [7, 11) is -1.27. The molecule has 4 amide bonds. The van der Waals surface area contributed by atoms with E-state index in [-0.39, 0.29) is 59.4 Å². The van der Waals surface area contributed by atoms with Gasteiger partial charge in [0.2, 0.25) is 11.8 Å². The molecule has 2 aliphatic heterocycles. The lowest BCUT2D eigenvalue weighted by molar-refractivity contribution is -0.153. The van der Waals surface area contributed by atoms with E-state index in [0.29, 0.717) is 92.2 Å². The summed E-state index contributed by atoms with van der Waals surface area (Å²) in [4.78, 5) is 88.0. The number of nitriles is 2. The van der Waals surface area contributed by atoms with Gasteiger partial charge in [-0.2, -0.15) is 23.7 Å². The lowest BCUT2D eigenvalue weighted by atomic mass is 9.99. The van der Waals surface area contributed by atoms with Crippen molar-refractivity contribution in [1.82, 2.24) is 59.9 Å². The molecule has 10 heterocycles. The van der Waals surface area contributed by atoms with Crippen molar-refractivity contribution < 1.29 is 41.8 Å². The monoisotopic (exact) mass is 1180 g/mol. The van der Waals surface area contributed by atoms with Gasteiger partial charge in [-0.15, -0.1) is 22.7 Å². The van der Waals surface area contributed by atoms with Crippen LogP contribution in [0.25, 0.3) is 63.9 Å². The predicted octanol–water partition coefficient (Wildman–Crippen LogP) is 8.83. The maximum Gasteiger partial charge on any atom is 0.422 e. The number of thiophene rings is 2. The van der Waals surface area contributed by atoms with Gasteiger partial charge in [-0.05, 0) is 67.8 Å². The van der Waals surface area contributed by atoms with E-state index in [1.807, 2.05) is 6.07 Å². The normalized spacial score (nSPS) is 16.5. The Hall–Kier alpha value is -7.62. The Bertz CT molecular complexity index is 3850. The van der Waals surface area contributed by atoms with Crippen molar-refractivity contribution in [3.63, 3.8) is 0 Å². The van der Waals surface area contributed by atoms with Crippen LogP contribution in [0.15, 0.2) is 61.4 Å². The summed E-state index contributed by atoms with van der Waals surface area (Å²) in [6, 6.07) is 10.8. The van der Waals surface area contributed by atoms with Crippen LogP contribution in [0, 0.1) is 46.3 Å². The highest BCUT2D eigenvalue weighted by atomic mass is 35.5. The number of hydrogen-bond acceptors (Lipinski definition) is 16. The first-order valence-corrected chi connectivity index (χ1v) is 31.9. The van der Waals surface area contributed by atoms with Gasteiger partial charge in [0.25, 0.3) is 11.8 Å². The molecule has 0 radical (unpaired) electrons. The van der Waals surface area contributed by atoms with Crippen LogP contribution in [0.3, 0.4) is 0 Å². The number of aromatic amines is 1. The van der Waals surface area contributed by atoms with Crippen LogP contribution < -0.4 is 15.4 Å². The number of pyridine rings is 2. The van der Waals surface area contributed by atoms with Gasteiger partial charge in [0.05, 0.1) is 94.1 Å². The van der Waals surface area contributed by atoms with E-state index in [1.54, 1.807) is 45.1 Å². The van der Waals surface area contributed by atoms with Gasteiger partial charge in [-0.3, -0.25) is 29.1 Å². The molecule has 12 rings (SSSR count). The topological polar surface area (TPSA) is 263 Å². The molecule has 2 aliphatic carbocycles. The zero-order chi connectivity index (χ0) is 56.9. The van der Waals surface area contributed by atoms with Crippen LogP contribution >= 0.6 is 34.3 Å². The van der Waals surface area contributed by atoms with Gasteiger partial charge in [0.1, 0.15) is 35.6 Å². The molecule has 8 aromatic rings. The number of rotatable bonds is 17. The summed E-state index contributed by atoms with van der Waals surface area (Å²) < 4.78 is 52.1. The number of nitrogens with zero attached hydrogens (tertiary/aromatic N) is 11. The maximum absolute atomic E-state index is 13.8. The number of halogens is 4. The summed E-state index contributed by atoms with van der Waals surface area (Å²) in [6.07, 6.45) is 8.35. The molecule has 0 aromatic carbocycles. The first kappa shape index (κ1) is 55.3. The first-order chi connectivity index (χ1) is 38.8. The van der Waals surface area contributed by atoms with Crippen molar-refractivity contribution >= 4 is 109 Å². The average Bonchev–Trinajstić information content (AvgIpc) is 4.32. The fourth-order valence-electron chi connectivity index (χ4n) is 9.44. The zero-order valence-electron chi connectivity index (χ0n) is 43.9. The molecule has 20 nitrogen and oxygen atoms in total. The Kier molecular flexibility index (Phi) is 15.3. The maximum atomic E-state index is 13.8. The number of aromatic nitrogens is 8. The minimum absolute atomic E-state index is 0.0502. The highest BCUT2D eigenvalue weighted by molar-refractivity contribution is 7.23. The first-order valence-electron chi connectivity index (χ1n) is 26.2. The van der Waals surface area contributed by atoms with E-state index >= 15 is 0 Å². The Morgan fingerprint density at radius 2 is 1.36 bits per heavy atom. The molecule has 4 aliphatic rings. The number of amides is 4. The second-order valence-corrected chi connectivity index (χ2v) is 29.9. The van der Waals surface area contributed by atoms with Crippen molar-refractivity contribution in [2.75, 3.05) is 39.4 Å². The largest absolute Gasteiger partial charge is 0.483 e. The summed E-state index contributed by atoms with van der Waals surface area (Å²) >= 11 is 9.01. The van der Waals surface area contributed by atoms with Gasteiger partial charge in [0, 0.05) is 65.6 Å². The molecule has 2 saturated heterocycles. The zero-order valence-corrected chi connectivity index (χ0v) is 47.3. The number of ether oxygens (including phenoxy) is 2. The van der Waals surface area contributed by atoms with Crippen molar-refractivity contribution in [2.24, 2.45) is 23.7 Å². The van der Waals surface area contributed by atoms with Crippen LogP contribution in [0.1, 0.15) is 46.4 Å². The standard InChI is InChI=1S/C29H32ClN7O3SSi.C25H20F3N7O3S/c1-42(2,3)9-8-40-16-37-15-19(28(38)35-24(18-4-5-18)29(39)36-13-17(11-31)14-36)25-27(37)33-12-22(34-25)23-10-21-26(41-23)20(30)6-7-32-21;26-25(27,28)11-38-17-3-4-30-15-5-18(39-21(15)17)16-8-32-22-20(33-16)14(7-31-22)23(36)34-19(13-1-2-13)24(37)35-9-12(6-29)10-35/h6-7,10,12,15,17-18,24H,4-5,8-9,13-14,16H2,1-3H3,(H,35,38);3-5,7-8,12-13,19H,1-2,9-11H2,(H,31,32)(H,34,36)/t24-;19-/m11/s1. The molecule has 0 bridgehead atoms. The molecule has 4 fully saturated rings. The molecule has 2 atom stereocenters. The number of carbonyl (C=O) groups excluding carboxylic acids is 4. The molecule has 8 aromatic heterocycles. The number of hydrogen-bond donors (Lipinski definition) is 3. The molecule has 418 valence electrons.